The van der Waals surface area contributed by atoms with Crippen LogP contribution >= 0.6 is 23.4 Å². The van der Waals surface area contributed by atoms with E-state index in [0.717, 1.165) is 17.6 Å². The summed E-state index contributed by atoms with van der Waals surface area (Å²) in [7, 11) is 0. The molecule has 0 bridgehead atoms. The highest BCUT2D eigenvalue weighted by molar-refractivity contribution is 8.00. The second kappa shape index (κ2) is 7.23. The summed E-state index contributed by atoms with van der Waals surface area (Å²) in [5.41, 5.74) is 3.38. The number of pyridine rings is 1. The number of halogens is 1. The van der Waals surface area contributed by atoms with Crippen LogP contribution in [0, 0.1) is 0 Å². The number of nitrogens with zero attached hydrogens (tertiary/aromatic N) is 2. The summed E-state index contributed by atoms with van der Waals surface area (Å²) < 4.78 is 0. The number of aromatic nitrogens is 3. The summed E-state index contributed by atoms with van der Waals surface area (Å²) in [6.45, 7) is 3.94. The van der Waals surface area contributed by atoms with Gasteiger partial charge in [0, 0.05) is 11.9 Å². The molecular weight excluding hydrogens is 344 g/mol. The number of rotatable bonds is 5. The second-order valence-electron chi connectivity index (χ2n) is 5.37. The molecule has 1 aromatic carbocycles. The number of aromatic amines is 1. The molecule has 0 saturated heterocycles. The maximum Gasteiger partial charge on any atom is 0.237 e. The number of aryl methyl sites for hydroxylation is 1. The molecule has 0 saturated carbocycles. The second-order valence-corrected chi connectivity index (χ2v) is 7.13. The first kappa shape index (κ1) is 16.8. The Bertz CT molecular complexity index is 863. The number of nitrogens with one attached hydrogen (secondary N) is 2. The highest BCUT2D eigenvalue weighted by Gasteiger charge is 2.17. The SMILES string of the molecule is CCc1ccc(NC(=O)[C@H](C)Sc2nc3ncc(Cl)cc3[nH]2)cc1. The largest absolute Gasteiger partial charge is 0.331 e. The van der Waals surface area contributed by atoms with E-state index in [1.165, 1.54) is 17.3 Å². The summed E-state index contributed by atoms with van der Waals surface area (Å²) >= 11 is 7.26. The molecule has 3 rings (SSSR count). The van der Waals surface area contributed by atoms with E-state index in [2.05, 4.69) is 27.2 Å². The monoisotopic (exact) mass is 360 g/mol. The van der Waals surface area contributed by atoms with E-state index in [9.17, 15) is 4.79 Å². The molecule has 0 aliphatic rings. The lowest BCUT2D eigenvalue weighted by molar-refractivity contribution is -0.115. The number of imidazole rings is 1. The van der Waals surface area contributed by atoms with Crippen molar-refractivity contribution in [2.24, 2.45) is 0 Å². The third-order valence-electron chi connectivity index (χ3n) is 3.57. The number of thioether (sulfide) groups is 1. The molecule has 3 aromatic rings. The molecule has 0 aliphatic carbocycles. The molecule has 2 N–H and O–H groups in total. The lowest BCUT2D eigenvalue weighted by Crippen LogP contribution is -2.22. The van der Waals surface area contributed by atoms with Crippen LogP contribution in [0.2, 0.25) is 5.02 Å². The fourth-order valence-corrected chi connectivity index (χ4v) is 3.16. The first-order valence-corrected chi connectivity index (χ1v) is 8.88. The Morgan fingerprint density at radius 3 is 2.83 bits per heavy atom. The van der Waals surface area contributed by atoms with Crippen molar-refractivity contribution in [2.75, 3.05) is 5.32 Å². The molecule has 24 heavy (non-hydrogen) atoms. The van der Waals surface area contributed by atoms with Crippen LogP contribution in [0.25, 0.3) is 11.2 Å². The Balaban J connectivity index is 1.65. The van der Waals surface area contributed by atoms with Gasteiger partial charge in [0.15, 0.2) is 10.8 Å². The average Bonchev–Trinajstić information content (AvgIpc) is 2.96. The molecule has 7 heteroatoms. The highest BCUT2D eigenvalue weighted by atomic mass is 35.5. The number of H-pyrrole nitrogens is 1. The number of hydrogen-bond acceptors (Lipinski definition) is 4. The van der Waals surface area contributed by atoms with E-state index >= 15 is 0 Å². The molecule has 2 heterocycles. The van der Waals surface area contributed by atoms with E-state index in [1.807, 2.05) is 31.2 Å². The van der Waals surface area contributed by atoms with Gasteiger partial charge in [0.2, 0.25) is 5.91 Å². The Kier molecular flexibility index (Phi) is 5.06. The molecule has 0 spiro atoms. The van der Waals surface area contributed by atoms with Gasteiger partial charge >= 0.3 is 0 Å². The quantitative estimate of drug-likeness (QED) is 0.666. The van der Waals surface area contributed by atoms with Crippen molar-refractivity contribution in [2.45, 2.75) is 30.7 Å². The molecule has 5 nitrogen and oxygen atoms in total. The molecule has 1 amide bonds. The predicted molar refractivity (Wildman–Crippen MR) is 98.7 cm³/mol. The van der Waals surface area contributed by atoms with Crippen molar-refractivity contribution in [3.63, 3.8) is 0 Å². The van der Waals surface area contributed by atoms with Crippen LogP contribution in [0.5, 0.6) is 0 Å². The average molecular weight is 361 g/mol. The van der Waals surface area contributed by atoms with Gasteiger partial charge in [-0.05, 0) is 37.1 Å². The van der Waals surface area contributed by atoms with Crippen LogP contribution in [-0.4, -0.2) is 26.1 Å². The van der Waals surface area contributed by atoms with E-state index in [4.69, 9.17) is 11.6 Å². The minimum atomic E-state index is -0.299. The normalized spacial score (nSPS) is 12.3. The zero-order valence-electron chi connectivity index (χ0n) is 13.3. The molecule has 0 fully saturated rings. The topological polar surface area (TPSA) is 70.7 Å². The summed E-state index contributed by atoms with van der Waals surface area (Å²) in [5, 5.41) is 3.81. The Labute approximate surface area is 149 Å². The molecule has 0 aliphatic heterocycles. The van der Waals surface area contributed by atoms with Gasteiger partial charge in [0.25, 0.3) is 0 Å². The van der Waals surface area contributed by atoms with Crippen molar-refractivity contribution < 1.29 is 4.79 Å². The van der Waals surface area contributed by atoms with E-state index < -0.39 is 0 Å². The lowest BCUT2D eigenvalue weighted by Gasteiger charge is -2.10. The van der Waals surface area contributed by atoms with Gasteiger partial charge in [-0.1, -0.05) is 42.4 Å². The summed E-state index contributed by atoms with van der Waals surface area (Å²) in [6, 6.07) is 9.63. The van der Waals surface area contributed by atoms with Gasteiger partial charge < -0.3 is 10.3 Å². The molecule has 0 radical (unpaired) electrons. The zero-order chi connectivity index (χ0) is 17.1. The molecule has 0 unspecified atom stereocenters. The number of fused-ring (bicyclic) bond motifs is 1. The molecule has 124 valence electrons. The number of anilines is 1. The standard InChI is InChI=1S/C17H17ClN4OS/c1-3-11-4-6-13(7-5-11)20-16(23)10(2)24-17-21-14-8-12(18)9-19-15(14)22-17/h4-10H,3H2,1-2H3,(H,20,23)(H,19,21,22)/t10-/m0/s1. The molecule has 2 aromatic heterocycles. The van der Waals surface area contributed by atoms with Gasteiger partial charge in [-0.15, -0.1) is 0 Å². The summed E-state index contributed by atoms with van der Waals surface area (Å²) in [4.78, 5) is 24.0. The Hall–Kier alpha value is -2.05. The van der Waals surface area contributed by atoms with Crippen LogP contribution in [0.4, 0.5) is 5.69 Å². The van der Waals surface area contributed by atoms with Crippen molar-refractivity contribution in [3.05, 3.63) is 47.1 Å². The lowest BCUT2D eigenvalue weighted by atomic mass is 10.1. The first-order chi connectivity index (χ1) is 11.5. The zero-order valence-corrected chi connectivity index (χ0v) is 14.9. The van der Waals surface area contributed by atoms with Crippen LogP contribution < -0.4 is 5.32 Å². The number of benzene rings is 1. The van der Waals surface area contributed by atoms with Crippen molar-refractivity contribution in [1.82, 2.24) is 15.0 Å². The molecular formula is C17H17ClN4OS. The third-order valence-corrected chi connectivity index (χ3v) is 4.76. The van der Waals surface area contributed by atoms with Crippen molar-refractivity contribution >= 4 is 46.1 Å². The van der Waals surface area contributed by atoms with Crippen molar-refractivity contribution in [3.8, 4) is 0 Å². The third kappa shape index (κ3) is 3.88. The van der Waals surface area contributed by atoms with Crippen LogP contribution in [-0.2, 0) is 11.2 Å². The van der Waals surface area contributed by atoms with E-state index in [0.29, 0.717) is 15.8 Å². The van der Waals surface area contributed by atoms with Crippen LogP contribution in [0.15, 0.2) is 41.7 Å². The minimum absolute atomic E-state index is 0.0734. The van der Waals surface area contributed by atoms with Crippen LogP contribution in [0.1, 0.15) is 19.4 Å². The fraction of sp³-hybridized carbons (Fsp3) is 0.235. The van der Waals surface area contributed by atoms with Gasteiger partial charge in [0.05, 0.1) is 15.8 Å². The van der Waals surface area contributed by atoms with Gasteiger partial charge in [0.1, 0.15) is 0 Å². The van der Waals surface area contributed by atoms with Gasteiger partial charge in [-0.3, -0.25) is 4.79 Å². The summed E-state index contributed by atoms with van der Waals surface area (Å²) in [5.74, 6) is -0.0734. The van der Waals surface area contributed by atoms with Gasteiger partial charge in [-0.2, -0.15) is 0 Å². The van der Waals surface area contributed by atoms with Gasteiger partial charge in [-0.25, -0.2) is 9.97 Å². The van der Waals surface area contributed by atoms with E-state index in [1.54, 1.807) is 12.3 Å². The first-order valence-electron chi connectivity index (χ1n) is 7.63. The smallest absolute Gasteiger partial charge is 0.237 e. The highest BCUT2D eigenvalue weighted by Crippen LogP contribution is 2.24. The Morgan fingerprint density at radius 2 is 2.12 bits per heavy atom. The fourth-order valence-electron chi connectivity index (χ4n) is 2.20. The number of carbonyl (C=O) groups is 1. The maximum atomic E-state index is 12.3. The number of carbonyl (C=O) groups excluding carboxylic acids is 1. The maximum absolute atomic E-state index is 12.3. The number of amides is 1. The Morgan fingerprint density at radius 1 is 1.38 bits per heavy atom. The predicted octanol–water partition coefficient (Wildman–Crippen LogP) is 4.29. The molecule has 1 atom stereocenters. The minimum Gasteiger partial charge on any atom is -0.331 e. The van der Waals surface area contributed by atoms with Crippen LogP contribution in [0.3, 0.4) is 0 Å². The van der Waals surface area contributed by atoms with Crippen molar-refractivity contribution in [1.29, 1.82) is 0 Å². The summed E-state index contributed by atoms with van der Waals surface area (Å²) in [6.07, 6.45) is 2.53. The number of hydrogen-bond donors (Lipinski definition) is 2. The van der Waals surface area contributed by atoms with E-state index in [-0.39, 0.29) is 11.2 Å².